The van der Waals surface area contributed by atoms with Gasteiger partial charge >= 0.3 is 12.0 Å². The number of benzene rings is 1. The van der Waals surface area contributed by atoms with Crippen molar-refractivity contribution in [2.24, 2.45) is 0 Å². The van der Waals surface area contributed by atoms with Gasteiger partial charge in [0.1, 0.15) is 0 Å². The zero-order valence-electron chi connectivity index (χ0n) is 14.1. The Morgan fingerprint density at radius 1 is 1.20 bits per heavy atom. The summed E-state index contributed by atoms with van der Waals surface area (Å²) in [6, 6.07) is 5.90. The van der Waals surface area contributed by atoms with E-state index in [0.717, 1.165) is 25.7 Å². The lowest BCUT2D eigenvalue weighted by Gasteiger charge is -2.12. The highest BCUT2D eigenvalue weighted by atomic mass is 32.2. The van der Waals surface area contributed by atoms with E-state index in [4.69, 9.17) is 4.74 Å². The van der Waals surface area contributed by atoms with Crippen molar-refractivity contribution < 1.29 is 23.3 Å². The van der Waals surface area contributed by atoms with Crippen LogP contribution in [-0.4, -0.2) is 40.5 Å². The second kappa shape index (κ2) is 9.31. The molecule has 0 aromatic heterocycles. The van der Waals surface area contributed by atoms with Crippen molar-refractivity contribution in [3.63, 3.8) is 0 Å². The van der Waals surface area contributed by atoms with Gasteiger partial charge in [-0.1, -0.05) is 31.9 Å². The first-order chi connectivity index (χ1) is 12.0. The minimum Gasteiger partial charge on any atom is -0.452 e. The van der Waals surface area contributed by atoms with E-state index in [0.29, 0.717) is 10.6 Å². The predicted octanol–water partition coefficient (Wildman–Crippen LogP) is 1.74. The van der Waals surface area contributed by atoms with Gasteiger partial charge in [0.15, 0.2) is 6.61 Å². The van der Waals surface area contributed by atoms with Crippen molar-refractivity contribution in [3.8, 4) is 0 Å². The number of carbonyl (C=O) groups is 3. The molecule has 0 radical (unpaired) electrons. The molecule has 1 saturated carbocycles. The Morgan fingerprint density at radius 2 is 1.88 bits per heavy atom. The van der Waals surface area contributed by atoms with Gasteiger partial charge in [-0.2, -0.15) is 0 Å². The number of imide groups is 1. The molecule has 0 spiro atoms. The van der Waals surface area contributed by atoms with Crippen molar-refractivity contribution in [2.75, 3.05) is 12.4 Å². The summed E-state index contributed by atoms with van der Waals surface area (Å²) in [5.74, 6) is -1.09. The fraction of sp³-hybridized carbons (Fsp3) is 0.471. The molecule has 3 amide bonds. The third kappa shape index (κ3) is 5.67. The van der Waals surface area contributed by atoms with Crippen molar-refractivity contribution in [1.82, 2.24) is 10.6 Å². The summed E-state index contributed by atoms with van der Waals surface area (Å²) in [6.07, 6.45) is 3.94. The zero-order valence-corrected chi connectivity index (χ0v) is 14.9. The van der Waals surface area contributed by atoms with Gasteiger partial charge in [0.2, 0.25) is 0 Å². The van der Waals surface area contributed by atoms with Gasteiger partial charge in [0.25, 0.3) is 5.91 Å². The quantitative estimate of drug-likeness (QED) is 0.747. The second-order valence-corrected chi connectivity index (χ2v) is 7.42. The predicted molar refractivity (Wildman–Crippen MR) is 92.6 cm³/mol. The maximum absolute atomic E-state index is 12.1. The van der Waals surface area contributed by atoms with Crippen molar-refractivity contribution >= 4 is 28.7 Å². The average Bonchev–Trinajstić information content (AvgIpc) is 3.11. The van der Waals surface area contributed by atoms with Crippen LogP contribution in [-0.2, 0) is 20.3 Å². The first kappa shape index (κ1) is 19.1. The third-order valence-electron chi connectivity index (χ3n) is 3.89. The number of ether oxygens (including phenoxy) is 1. The molecule has 1 aliphatic rings. The molecule has 8 heteroatoms. The number of esters is 1. The van der Waals surface area contributed by atoms with Gasteiger partial charge < -0.3 is 10.1 Å². The molecule has 136 valence electrons. The van der Waals surface area contributed by atoms with E-state index in [1.807, 2.05) is 0 Å². The van der Waals surface area contributed by atoms with Gasteiger partial charge in [-0.25, -0.2) is 9.59 Å². The van der Waals surface area contributed by atoms with Crippen LogP contribution in [0, 0.1) is 0 Å². The van der Waals surface area contributed by atoms with Crippen LogP contribution in [0.25, 0.3) is 0 Å². The fourth-order valence-corrected chi connectivity index (χ4v) is 3.59. The van der Waals surface area contributed by atoms with E-state index in [9.17, 15) is 18.6 Å². The minimum absolute atomic E-state index is 0.0891. The third-order valence-corrected chi connectivity index (χ3v) is 5.26. The molecule has 1 atom stereocenters. The molecule has 1 fully saturated rings. The maximum Gasteiger partial charge on any atom is 0.339 e. The van der Waals surface area contributed by atoms with E-state index in [1.54, 1.807) is 25.1 Å². The summed E-state index contributed by atoms with van der Waals surface area (Å²) in [7, 11) is -1.31. The van der Waals surface area contributed by atoms with Crippen LogP contribution in [0.15, 0.2) is 29.2 Å². The smallest absolute Gasteiger partial charge is 0.339 e. The van der Waals surface area contributed by atoms with E-state index in [1.165, 1.54) is 6.07 Å². The zero-order chi connectivity index (χ0) is 18.2. The number of rotatable bonds is 6. The molecule has 1 unspecified atom stereocenters. The number of nitrogens with one attached hydrogen (secondary N) is 2. The van der Waals surface area contributed by atoms with Gasteiger partial charge in [0.05, 0.1) is 21.3 Å². The lowest BCUT2D eigenvalue weighted by Crippen LogP contribution is -2.45. The highest BCUT2D eigenvalue weighted by molar-refractivity contribution is 7.85. The highest BCUT2D eigenvalue weighted by Crippen LogP contribution is 2.17. The molecule has 2 N–H and O–H groups in total. The van der Waals surface area contributed by atoms with Crippen LogP contribution >= 0.6 is 0 Å². The number of amides is 3. The molecule has 7 nitrogen and oxygen atoms in total. The molecule has 2 rings (SSSR count). The first-order valence-corrected chi connectivity index (χ1v) is 9.58. The monoisotopic (exact) mass is 366 g/mol. The van der Waals surface area contributed by atoms with Crippen molar-refractivity contribution in [3.05, 3.63) is 29.8 Å². The largest absolute Gasteiger partial charge is 0.452 e. The van der Waals surface area contributed by atoms with Crippen LogP contribution in [0.5, 0.6) is 0 Å². The van der Waals surface area contributed by atoms with Gasteiger partial charge in [-0.15, -0.1) is 0 Å². The Bertz CT molecular complexity index is 671. The molecule has 0 saturated heterocycles. The summed E-state index contributed by atoms with van der Waals surface area (Å²) in [6.45, 7) is 1.17. The molecule has 0 heterocycles. The highest BCUT2D eigenvalue weighted by Gasteiger charge is 2.20. The average molecular weight is 366 g/mol. The Kier molecular flexibility index (Phi) is 7.12. The lowest BCUT2D eigenvalue weighted by atomic mass is 10.2. The molecular formula is C17H22N2O5S. The van der Waals surface area contributed by atoms with Gasteiger partial charge in [0, 0.05) is 11.8 Å². The van der Waals surface area contributed by atoms with E-state index >= 15 is 0 Å². The molecule has 0 aliphatic heterocycles. The molecule has 1 aromatic carbocycles. The SMILES string of the molecule is CCS(=O)c1ccccc1C(=O)OCC(=O)NC(=O)NC1CCCC1. The Morgan fingerprint density at radius 3 is 2.56 bits per heavy atom. The van der Waals surface area contributed by atoms with Crippen LogP contribution in [0.4, 0.5) is 4.79 Å². The van der Waals surface area contributed by atoms with Crippen LogP contribution in [0.1, 0.15) is 43.0 Å². The number of hydrogen-bond acceptors (Lipinski definition) is 5. The topological polar surface area (TPSA) is 102 Å². The molecular weight excluding hydrogens is 344 g/mol. The van der Waals surface area contributed by atoms with Gasteiger partial charge in [-0.05, 0) is 25.0 Å². The van der Waals surface area contributed by atoms with E-state index < -0.39 is 35.3 Å². The first-order valence-electron chi connectivity index (χ1n) is 8.26. The van der Waals surface area contributed by atoms with E-state index in [2.05, 4.69) is 10.6 Å². The summed E-state index contributed by atoms with van der Waals surface area (Å²) >= 11 is 0. The van der Waals surface area contributed by atoms with Crippen LogP contribution < -0.4 is 10.6 Å². The Labute approximate surface area is 149 Å². The Balaban J connectivity index is 1.84. The van der Waals surface area contributed by atoms with E-state index in [-0.39, 0.29) is 11.6 Å². The Hall–Kier alpha value is -2.22. The minimum atomic E-state index is -1.31. The standard InChI is InChI=1S/C17H22N2O5S/c1-2-25(23)14-10-6-5-9-13(14)16(21)24-11-15(20)19-17(22)18-12-7-3-4-8-12/h5-6,9-10,12H,2-4,7-8,11H2,1H3,(H2,18,19,20,22). The molecule has 0 bridgehead atoms. The summed E-state index contributed by atoms with van der Waals surface area (Å²) in [5, 5.41) is 4.85. The molecule has 1 aromatic rings. The van der Waals surface area contributed by atoms with Crippen LogP contribution in [0.3, 0.4) is 0 Å². The number of carbonyl (C=O) groups excluding carboxylic acids is 3. The molecule has 1 aliphatic carbocycles. The van der Waals surface area contributed by atoms with Crippen molar-refractivity contribution in [1.29, 1.82) is 0 Å². The number of hydrogen-bond donors (Lipinski definition) is 2. The molecule has 25 heavy (non-hydrogen) atoms. The van der Waals surface area contributed by atoms with Crippen molar-refractivity contribution in [2.45, 2.75) is 43.5 Å². The maximum atomic E-state index is 12.1. The van der Waals surface area contributed by atoms with Crippen LogP contribution in [0.2, 0.25) is 0 Å². The lowest BCUT2D eigenvalue weighted by molar-refractivity contribution is -0.123. The fourth-order valence-electron chi connectivity index (χ4n) is 2.65. The second-order valence-electron chi connectivity index (χ2n) is 5.71. The normalized spacial score (nSPS) is 15.4. The van der Waals surface area contributed by atoms with Gasteiger partial charge in [-0.3, -0.25) is 14.3 Å². The summed E-state index contributed by atoms with van der Waals surface area (Å²) in [4.78, 5) is 35.9. The summed E-state index contributed by atoms with van der Waals surface area (Å²) in [5.41, 5.74) is 0.158. The summed E-state index contributed by atoms with van der Waals surface area (Å²) < 4.78 is 16.9. The number of urea groups is 1.